The molecule has 6 aromatic rings. The maximum Gasteiger partial charge on any atom is 0.0551 e. The van der Waals surface area contributed by atoms with Gasteiger partial charge in [0.05, 0.1) is 5.52 Å². The van der Waals surface area contributed by atoms with Gasteiger partial charge in [0, 0.05) is 28.4 Å². The molecule has 0 aliphatic carbocycles. The van der Waals surface area contributed by atoms with Crippen LogP contribution in [0, 0.1) is 0 Å². The normalized spacial score (nSPS) is 11.3. The highest BCUT2D eigenvalue weighted by atomic mass is 14.7. The summed E-state index contributed by atoms with van der Waals surface area (Å²) in [5.41, 5.74) is 16.6. The SMILES string of the molecule is NCc1ccc(-c2ccc(-c3ccccc3)c3c2[nH]c2cccc(-c4ccccc4)c23)cc1. The second-order valence-corrected chi connectivity index (χ2v) is 8.40. The van der Waals surface area contributed by atoms with E-state index in [0.29, 0.717) is 6.54 Å². The molecule has 1 aromatic heterocycles. The summed E-state index contributed by atoms with van der Waals surface area (Å²) in [6.07, 6.45) is 0. The summed E-state index contributed by atoms with van der Waals surface area (Å²) < 4.78 is 0. The molecule has 2 heteroatoms. The molecule has 6 rings (SSSR count). The molecule has 0 amide bonds. The average molecular weight is 425 g/mol. The van der Waals surface area contributed by atoms with Crippen molar-refractivity contribution in [3.63, 3.8) is 0 Å². The number of benzene rings is 5. The van der Waals surface area contributed by atoms with Gasteiger partial charge in [-0.3, -0.25) is 0 Å². The van der Waals surface area contributed by atoms with E-state index in [1.54, 1.807) is 0 Å². The Morgan fingerprint density at radius 2 is 1.06 bits per heavy atom. The van der Waals surface area contributed by atoms with Crippen molar-refractivity contribution in [3.8, 4) is 33.4 Å². The lowest BCUT2D eigenvalue weighted by Gasteiger charge is -2.11. The standard InChI is InChI=1S/C31H24N2/c32-20-21-14-16-24(17-15-21)27-19-18-26(23-10-5-2-6-11-23)30-29-25(22-8-3-1-4-9-22)12-7-13-28(29)33-31(27)30/h1-19,33H,20,32H2. The fraction of sp³-hybridized carbons (Fsp3) is 0.0323. The molecule has 0 saturated heterocycles. The van der Waals surface area contributed by atoms with Crippen molar-refractivity contribution in [3.05, 3.63) is 121 Å². The van der Waals surface area contributed by atoms with E-state index in [9.17, 15) is 0 Å². The average Bonchev–Trinajstić information content (AvgIpc) is 3.29. The van der Waals surface area contributed by atoms with Crippen LogP contribution in [-0.4, -0.2) is 4.98 Å². The van der Waals surface area contributed by atoms with E-state index >= 15 is 0 Å². The van der Waals surface area contributed by atoms with Gasteiger partial charge in [0.15, 0.2) is 0 Å². The molecule has 158 valence electrons. The monoisotopic (exact) mass is 424 g/mol. The minimum atomic E-state index is 0.551. The third kappa shape index (κ3) is 3.32. The molecule has 0 aliphatic heterocycles. The number of hydrogen-bond donors (Lipinski definition) is 2. The number of fused-ring (bicyclic) bond motifs is 3. The summed E-state index contributed by atoms with van der Waals surface area (Å²) in [6.45, 7) is 0.551. The van der Waals surface area contributed by atoms with Crippen LogP contribution in [0.1, 0.15) is 5.56 Å². The smallest absolute Gasteiger partial charge is 0.0551 e. The Kier molecular flexibility index (Phi) is 4.79. The molecule has 0 spiro atoms. The number of aromatic amines is 1. The molecule has 33 heavy (non-hydrogen) atoms. The molecule has 0 saturated carbocycles. The van der Waals surface area contributed by atoms with E-state index in [1.165, 1.54) is 44.2 Å². The van der Waals surface area contributed by atoms with Crippen LogP contribution in [0.4, 0.5) is 0 Å². The summed E-state index contributed by atoms with van der Waals surface area (Å²) in [5, 5.41) is 2.52. The zero-order valence-corrected chi connectivity index (χ0v) is 18.3. The summed E-state index contributed by atoms with van der Waals surface area (Å²) >= 11 is 0. The summed E-state index contributed by atoms with van der Waals surface area (Å²) in [4.78, 5) is 3.77. The lowest BCUT2D eigenvalue weighted by atomic mass is 9.92. The second-order valence-electron chi connectivity index (χ2n) is 8.40. The molecule has 0 unspecified atom stereocenters. The number of rotatable bonds is 4. The van der Waals surface area contributed by atoms with Crippen LogP contribution in [0.2, 0.25) is 0 Å². The summed E-state index contributed by atoms with van der Waals surface area (Å²) in [7, 11) is 0. The molecule has 2 nitrogen and oxygen atoms in total. The first kappa shape index (κ1) is 19.5. The van der Waals surface area contributed by atoms with Gasteiger partial charge in [0.2, 0.25) is 0 Å². The second kappa shape index (κ2) is 8.09. The Bertz CT molecular complexity index is 1560. The molecule has 0 atom stereocenters. The van der Waals surface area contributed by atoms with Gasteiger partial charge < -0.3 is 10.7 Å². The quantitative estimate of drug-likeness (QED) is 0.298. The lowest BCUT2D eigenvalue weighted by Crippen LogP contribution is -1.95. The van der Waals surface area contributed by atoms with Crippen LogP contribution in [0.5, 0.6) is 0 Å². The summed E-state index contributed by atoms with van der Waals surface area (Å²) in [5.74, 6) is 0. The molecule has 3 N–H and O–H groups in total. The highest BCUT2D eigenvalue weighted by molar-refractivity contribution is 6.22. The van der Waals surface area contributed by atoms with Crippen LogP contribution >= 0.6 is 0 Å². The summed E-state index contributed by atoms with van der Waals surface area (Å²) in [6, 6.07) is 40.9. The molecule has 0 bridgehead atoms. The van der Waals surface area contributed by atoms with Gasteiger partial charge in [-0.1, -0.05) is 109 Å². The van der Waals surface area contributed by atoms with E-state index in [0.717, 1.165) is 16.6 Å². The first-order chi connectivity index (χ1) is 16.3. The molecule has 1 heterocycles. The van der Waals surface area contributed by atoms with Crippen molar-refractivity contribution in [1.29, 1.82) is 0 Å². The van der Waals surface area contributed by atoms with Gasteiger partial charge >= 0.3 is 0 Å². The van der Waals surface area contributed by atoms with Crippen molar-refractivity contribution in [2.24, 2.45) is 5.73 Å². The van der Waals surface area contributed by atoms with Crippen LogP contribution in [0.3, 0.4) is 0 Å². The first-order valence-corrected chi connectivity index (χ1v) is 11.3. The van der Waals surface area contributed by atoms with Gasteiger partial charge in [0.1, 0.15) is 0 Å². The van der Waals surface area contributed by atoms with E-state index in [1.807, 2.05) is 0 Å². The largest absolute Gasteiger partial charge is 0.354 e. The topological polar surface area (TPSA) is 41.8 Å². The first-order valence-electron chi connectivity index (χ1n) is 11.3. The van der Waals surface area contributed by atoms with E-state index < -0.39 is 0 Å². The van der Waals surface area contributed by atoms with Gasteiger partial charge in [-0.25, -0.2) is 0 Å². The number of aromatic nitrogens is 1. The molecule has 5 aromatic carbocycles. The minimum Gasteiger partial charge on any atom is -0.354 e. The van der Waals surface area contributed by atoms with Gasteiger partial charge in [-0.05, 0) is 39.4 Å². The van der Waals surface area contributed by atoms with Crippen molar-refractivity contribution >= 4 is 21.8 Å². The van der Waals surface area contributed by atoms with Crippen LogP contribution < -0.4 is 5.73 Å². The van der Waals surface area contributed by atoms with Crippen LogP contribution in [0.15, 0.2) is 115 Å². The van der Waals surface area contributed by atoms with Gasteiger partial charge in [-0.2, -0.15) is 0 Å². The maximum atomic E-state index is 5.83. The Labute approximate surface area is 193 Å². The molecule has 0 radical (unpaired) electrons. The molecular formula is C31H24N2. The van der Waals surface area contributed by atoms with Crippen molar-refractivity contribution in [2.45, 2.75) is 6.54 Å². The Balaban J connectivity index is 1.72. The zero-order valence-electron chi connectivity index (χ0n) is 18.3. The van der Waals surface area contributed by atoms with Crippen molar-refractivity contribution in [2.75, 3.05) is 0 Å². The van der Waals surface area contributed by atoms with E-state index in [-0.39, 0.29) is 0 Å². The lowest BCUT2D eigenvalue weighted by molar-refractivity contribution is 1.07. The highest BCUT2D eigenvalue weighted by Gasteiger charge is 2.17. The minimum absolute atomic E-state index is 0.551. The van der Waals surface area contributed by atoms with Gasteiger partial charge in [0.25, 0.3) is 0 Å². The number of nitrogens with two attached hydrogens (primary N) is 1. The fourth-order valence-corrected chi connectivity index (χ4v) is 4.83. The predicted molar refractivity (Wildman–Crippen MR) is 140 cm³/mol. The Morgan fingerprint density at radius 3 is 1.70 bits per heavy atom. The highest BCUT2D eigenvalue weighted by Crippen LogP contribution is 2.43. The third-order valence-electron chi connectivity index (χ3n) is 6.45. The van der Waals surface area contributed by atoms with Crippen molar-refractivity contribution in [1.82, 2.24) is 4.98 Å². The Hall–Kier alpha value is -4.14. The fourth-order valence-electron chi connectivity index (χ4n) is 4.83. The van der Waals surface area contributed by atoms with E-state index in [4.69, 9.17) is 5.73 Å². The Morgan fingerprint density at radius 1 is 0.485 bits per heavy atom. The van der Waals surface area contributed by atoms with Crippen LogP contribution in [0.25, 0.3) is 55.2 Å². The molecule has 0 fully saturated rings. The third-order valence-corrected chi connectivity index (χ3v) is 6.45. The number of hydrogen-bond acceptors (Lipinski definition) is 1. The maximum absolute atomic E-state index is 5.83. The molecular weight excluding hydrogens is 400 g/mol. The van der Waals surface area contributed by atoms with Crippen molar-refractivity contribution < 1.29 is 0 Å². The predicted octanol–water partition coefficient (Wildman–Crippen LogP) is 7.78. The number of nitrogens with one attached hydrogen (secondary N) is 1. The zero-order chi connectivity index (χ0) is 22.2. The van der Waals surface area contributed by atoms with Crippen LogP contribution in [-0.2, 0) is 6.54 Å². The number of H-pyrrole nitrogens is 1. The van der Waals surface area contributed by atoms with Gasteiger partial charge in [-0.15, -0.1) is 0 Å². The van der Waals surface area contributed by atoms with E-state index in [2.05, 4.69) is 120 Å². The molecule has 0 aliphatic rings.